The van der Waals surface area contributed by atoms with E-state index in [4.69, 9.17) is 4.98 Å². The zero-order valence-electron chi connectivity index (χ0n) is 14.6. The molecule has 0 atom stereocenters. The Bertz CT molecular complexity index is 1260. The van der Waals surface area contributed by atoms with Gasteiger partial charge in [-0.1, -0.05) is 24.3 Å². The molecule has 0 aliphatic carbocycles. The predicted octanol–water partition coefficient (Wildman–Crippen LogP) is 4.62. The number of aryl methyl sites for hydroxylation is 1. The fraction of sp³-hybridized carbons (Fsp3) is 0.0476. The molecule has 0 amide bonds. The second-order valence-electron chi connectivity index (χ2n) is 6.41. The van der Waals surface area contributed by atoms with Gasteiger partial charge >= 0.3 is 0 Å². The third kappa shape index (κ3) is 2.67. The number of hydrogen-bond donors (Lipinski definition) is 2. The van der Waals surface area contributed by atoms with Gasteiger partial charge in [-0.15, -0.1) is 0 Å². The fourth-order valence-electron chi connectivity index (χ4n) is 3.35. The van der Waals surface area contributed by atoms with Crippen molar-refractivity contribution in [2.45, 2.75) is 6.92 Å². The van der Waals surface area contributed by atoms with Crippen molar-refractivity contribution in [3.63, 3.8) is 0 Å². The summed E-state index contributed by atoms with van der Waals surface area (Å²) in [7, 11) is 0. The van der Waals surface area contributed by atoms with Crippen LogP contribution in [0.5, 0.6) is 0 Å². The average molecular weight is 352 g/mol. The minimum absolute atomic E-state index is 0.692. The Balaban J connectivity index is 1.80. The standard InChI is InChI=1S/C21H16N6/c1-13-4-2-5-14(10-13)25-21-16-8-9-22-11-18(16)15-6-3-7-17(19(15)26-21)20-23-12-24-27-20/h2-12H,1H3,(H,25,26)(H,23,24,27). The Hall–Kier alpha value is -3.80. The number of hydrogen-bond acceptors (Lipinski definition) is 5. The monoisotopic (exact) mass is 352 g/mol. The van der Waals surface area contributed by atoms with Crippen LogP contribution in [-0.2, 0) is 0 Å². The lowest BCUT2D eigenvalue weighted by molar-refractivity contribution is 1.10. The SMILES string of the molecule is Cc1cccc(Nc2nc3c(-c4ncn[nH]4)cccc3c3cnccc23)c1. The highest BCUT2D eigenvalue weighted by molar-refractivity contribution is 6.13. The first-order valence-electron chi connectivity index (χ1n) is 8.65. The Morgan fingerprint density at radius 2 is 1.89 bits per heavy atom. The molecule has 5 rings (SSSR count). The van der Waals surface area contributed by atoms with Gasteiger partial charge in [0.15, 0.2) is 5.82 Å². The average Bonchev–Trinajstić information content (AvgIpc) is 3.22. The molecule has 0 saturated heterocycles. The summed E-state index contributed by atoms with van der Waals surface area (Å²) >= 11 is 0. The molecule has 0 aliphatic heterocycles. The predicted molar refractivity (Wildman–Crippen MR) is 107 cm³/mol. The van der Waals surface area contributed by atoms with E-state index in [1.165, 1.54) is 11.9 Å². The summed E-state index contributed by atoms with van der Waals surface area (Å²) in [5.74, 6) is 1.48. The normalized spacial score (nSPS) is 11.1. The summed E-state index contributed by atoms with van der Waals surface area (Å²) in [6.07, 6.45) is 5.17. The smallest absolute Gasteiger partial charge is 0.157 e. The molecule has 3 aromatic heterocycles. The topological polar surface area (TPSA) is 79.4 Å². The highest BCUT2D eigenvalue weighted by Gasteiger charge is 2.14. The zero-order valence-corrected chi connectivity index (χ0v) is 14.6. The van der Waals surface area contributed by atoms with Crippen molar-refractivity contribution in [2.24, 2.45) is 0 Å². The molecule has 0 fully saturated rings. The second-order valence-corrected chi connectivity index (χ2v) is 6.41. The van der Waals surface area contributed by atoms with Crippen LogP contribution in [0.4, 0.5) is 11.5 Å². The van der Waals surface area contributed by atoms with Gasteiger partial charge in [-0.25, -0.2) is 9.97 Å². The quantitative estimate of drug-likeness (QED) is 0.463. The molecule has 27 heavy (non-hydrogen) atoms. The number of nitrogens with zero attached hydrogens (tertiary/aromatic N) is 4. The van der Waals surface area contributed by atoms with Crippen LogP contribution in [0.1, 0.15) is 5.56 Å². The van der Waals surface area contributed by atoms with Crippen molar-refractivity contribution in [2.75, 3.05) is 5.32 Å². The molecule has 0 unspecified atom stereocenters. The number of H-pyrrole nitrogens is 1. The van der Waals surface area contributed by atoms with Gasteiger partial charge in [0.05, 0.1) is 5.52 Å². The zero-order chi connectivity index (χ0) is 18.2. The summed E-state index contributed by atoms with van der Waals surface area (Å²) < 4.78 is 0. The molecule has 2 N–H and O–H groups in total. The van der Waals surface area contributed by atoms with Crippen LogP contribution < -0.4 is 5.32 Å². The summed E-state index contributed by atoms with van der Waals surface area (Å²) in [5, 5.41) is 13.5. The molecule has 0 radical (unpaired) electrons. The largest absolute Gasteiger partial charge is 0.340 e. The van der Waals surface area contributed by atoms with E-state index < -0.39 is 0 Å². The lowest BCUT2D eigenvalue weighted by Gasteiger charge is -2.13. The van der Waals surface area contributed by atoms with Gasteiger partial charge in [-0.05, 0) is 36.8 Å². The number of rotatable bonds is 3. The maximum Gasteiger partial charge on any atom is 0.157 e. The first kappa shape index (κ1) is 15.5. The van der Waals surface area contributed by atoms with Gasteiger partial charge in [0.2, 0.25) is 0 Å². The number of anilines is 2. The number of benzene rings is 2. The van der Waals surface area contributed by atoms with Crippen LogP contribution in [0.15, 0.2) is 67.3 Å². The Morgan fingerprint density at radius 3 is 2.74 bits per heavy atom. The van der Waals surface area contributed by atoms with Crippen LogP contribution in [0.25, 0.3) is 33.1 Å². The van der Waals surface area contributed by atoms with Gasteiger partial charge < -0.3 is 5.32 Å². The molecule has 6 nitrogen and oxygen atoms in total. The van der Waals surface area contributed by atoms with Crippen LogP contribution in [0.2, 0.25) is 0 Å². The van der Waals surface area contributed by atoms with Crippen molar-refractivity contribution in [3.05, 3.63) is 72.8 Å². The third-order valence-corrected chi connectivity index (χ3v) is 4.58. The van der Waals surface area contributed by atoms with E-state index in [0.717, 1.165) is 38.7 Å². The highest BCUT2D eigenvalue weighted by Crippen LogP contribution is 2.34. The van der Waals surface area contributed by atoms with Crippen LogP contribution in [0, 0.1) is 6.92 Å². The van der Waals surface area contributed by atoms with Crippen LogP contribution >= 0.6 is 0 Å². The van der Waals surface area contributed by atoms with Gasteiger partial charge in [-0.3, -0.25) is 10.1 Å². The molecule has 0 spiro atoms. The number of nitrogens with one attached hydrogen (secondary N) is 2. The van der Waals surface area contributed by atoms with Crippen LogP contribution in [0.3, 0.4) is 0 Å². The summed E-state index contributed by atoms with van der Waals surface area (Å²) in [4.78, 5) is 13.6. The number of aromatic amines is 1. The second kappa shape index (κ2) is 6.17. The van der Waals surface area contributed by atoms with Crippen molar-refractivity contribution in [3.8, 4) is 11.4 Å². The van der Waals surface area contributed by atoms with E-state index in [-0.39, 0.29) is 0 Å². The first-order valence-corrected chi connectivity index (χ1v) is 8.65. The minimum atomic E-state index is 0.692. The van der Waals surface area contributed by atoms with Crippen molar-refractivity contribution in [1.82, 2.24) is 25.1 Å². The summed E-state index contributed by atoms with van der Waals surface area (Å²) in [6, 6.07) is 16.3. The molecule has 130 valence electrons. The highest BCUT2D eigenvalue weighted by atomic mass is 15.2. The minimum Gasteiger partial charge on any atom is -0.340 e. The molecule has 5 aromatic rings. The molecular weight excluding hydrogens is 336 g/mol. The van der Waals surface area contributed by atoms with E-state index >= 15 is 0 Å². The number of aromatic nitrogens is 5. The summed E-state index contributed by atoms with van der Waals surface area (Å²) in [6.45, 7) is 2.07. The molecule has 2 aromatic carbocycles. The van der Waals surface area contributed by atoms with Gasteiger partial charge in [0, 0.05) is 39.8 Å². The molecular formula is C21H16N6. The first-order chi connectivity index (χ1) is 13.3. The maximum absolute atomic E-state index is 4.96. The van der Waals surface area contributed by atoms with E-state index in [1.54, 1.807) is 6.20 Å². The molecule has 0 aliphatic rings. The Kier molecular flexibility index (Phi) is 3.53. The number of pyridine rings is 2. The fourth-order valence-corrected chi connectivity index (χ4v) is 3.35. The molecule has 3 heterocycles. The maximum atomic E-state index is 4.96. The van der Waals surface area contributed by atoms with Crippen molar-refractivity contribution < 1.29 is 0 Å². The van der Waals surface area contributed by atoms with Crippen molar-refractivity contribution >= 4 is 33.2 Å². The van der Waals surface area contributed by atoms with Crippen molar-refractivity contribution in [1.29, 1.82) is 0 Å². The number of para-hydroxylation sites is 1. The number of fused-ring (bicyclic) bond motifs is 3. The lowest BCUT2D eigenvalue weighted by Crippen LogP contribution is -1.98. The van der Waals surface area contributed by atoms with Crippen LogP contribution in [-0.4, -0.2) is 25.1 Å². The van der Waals surface area contributed by atoms with E-state index in [9.17, 15) is 0 Å². The molecule has 0 saturated carbocycles. The van der Waals surface area contributed by atoms with Gasteiger partial charge in [-0.2, -0.15) is 5.10 Å². The lowest BCUT2D eigenvalue weighted by atomic mass is 10.0. The van der Waals surface area contributed by atoms with E-state index in [2.05, 4.69) is 50.6 Å². The summed E-state index contributed by atoms with van der Waals surface area (Å²) in [5.41, 5.74) is 3.94. The Morgan fingerprint density at radius 1 is 0.963 bits per heavy atom. The van der Waals surface area contributed by atoms with Gasteiger partial charge in [0.25, 0.3) is 0 Å². The van der Waals surface area contributed by atoms with Gasteiger partial charge in [0.1, 0.15) is 12.1 Å². The molecule has 0 bridgehead atoms. The van der Waals surface area contributed by atoms with E-state index in [0.29, 0.717) is 5.82 Å². The Labute approximate surface area is 155 Å². The van der Waals surface area contributed by atoms with E-state index in [1.807, 2.05) is 36.5 Å². The molecule has 6 heteroatoms. The third-order valence-electron chi connectivity index (χ3n) is 4.58.